The van der Waals surface area contributed by atoms with Crippen LogP contribution in [0.4, 0.5) is 5.69 Å². The van der Waals surface area contributed by atoms with Gasteiger partial charge in [0.2, 0.25) is 0 Å². The van der Waals surface area contributed by atoms with Crippen LogP contribution in [0.25, 0.3) is 0 Å². The van der Waals surface area contributed by atoms with E-state index in [1.165, 1.54) is 29.5 Å². The molecule has 1 aliphatic carbocycles. The lowest BCUT2D eigenvalue weighted by Gasteiger charge is -2.16. The molecule has 0 unspecified atom stereocenters. The van der Waals surface area contributed by atoms with Gasteiger partial charge < -0.3 is 5.32 Å². The van der Waals surface area contributed by atoms with Crippen LogP contribution in [0.3, 0.4) is 0 Å². The molecule has 1 amide bonds. The minimum absolute atomic E-state index is 0.00993. The van der Waals surface area contributed by atoms with Crippen LogP contribution in [0.2, 0.25) is 0 Å². The second-order valence-electron chi connectivity index (χ2n) is 5.66. The molecule has 2 heteroatoms. The highest BCUT2D eigenvalue weighted by Gasteiger charge is 2.13. The summed E-state index contributed by atoms with van der Waals surface area (Å²) in [5.41, 5.74) is 5.61. The van der Waals surface area contributed by atoms with Gasteiger partial charge in [0.15, 0.2) is 0 Å². The molecule has 3 rings (SSSR count). The van der Waals surface area contributed by atoms with Crippen molar-refractivity contribution < 1.29 is 4.79 Å². The van der Waals surface area contributed by atoms with Crippen LogP contribution in [-0.4, -0.2) is 5.91 Å². The Morgan fingerprint density at radius 3 is 2.62 bits per heavy atom. The van der Waals surface area contributed by atoms with Gasteiger partial charge in [-0.25, -0.2) is 0 Å². The first-order valence-electron chi connectivity index (χ1n) is 7.79. The number of rotatable bonds is 3. The summed E-state index contributed by atoms with van der Waals surface area (Å²) >= 11 is 0. The lowest BCUT2D eigenvalue weighted by atomic mass is 9.90. The van der Waals surface area contributed by atoms with E-state index >= 15 is 0 Å². The van der Waals surface area contributed by atoms with Crippen molar-refractivity contribution in [2.75, 3.05) is 5.32 Å². The van der Waals surface area contributed by atoms with Crippen molar-refractivity contribution in [1.82, 2.24) is 0 Å². The minimum atomic E-state index is -0.00993. The molecule has 2 aromatic rings. The van der Waals surface area contributed by atoms with Gasteiger partial charge in [-0.1, -0.05) is 31.2 Å². The van der Waals surface area contributed by atoms with Crippen LogP contribution in [-0.2, 0) is 19.3 Å². The number of nitrogens with one attached hydrogen (secondary N) is 1. The summed E-state index contributed by atoms with van der Waals surface area (Å²) in [6.07, 6.45) is 5.66. The number of anilines is 1. The smallest absolute Gasteiger partial charge is 0.255 e. The maximum absolute atomic E-state index is 12.5. The van der Waals surface area contributed by atoms with Gasteiger partial charge in [-0.3, -0.25) is 4.79 Å². The standard InChI is InChI=1S/C19H21NO/c1-2-14-7-5-6-10-18(14)20-19(21)17-12-11-15-8-3-4-9-16(15)13-17/h5-7,10-13H,2-4,8-9H2,1H3,(H,20,21). The third-order valence-electron chi connectivity index (χ3n) is 4.26. The van der Waals surface area contributed by atoms with Crippen LogP contribution >= 0.6 is 0 Å². The second kappa shape index (κ2) is 6.13. The topological polar surface area (TPSA) is 29.1 Å². The monoisotopic (exact) mass is 279 g/mol. The van der Waals surface area contributed by atoms with Crippen molar-refractivity contribution >= 4 is 11.6 Å². The summed E-state index contributed by atoms with van der Waals surface area (Å²) in [7, 11) is 0. The normalized spacial score (nSPS) is 13.6. The first-order valence-corrected chi connectivity index (χ1v) is 7.79. The molecule has 0 saturated carbocycles. The fourth-order valence-corrected chi connectivity index (χ4v) is 3.02. The number of hydrogen-bond donors (Lipinski definition) is 1. The van der Waals surface area contributed by atoms with E-state index < -0.39 is 0 Å². The molecule has 2 aromatic carbocycles. The van der Waals surface area contributed by atoms with Crippen LogP contribution in [0, 0.1) is 0 Å². The summed E-state index contributed by atoms with van der Waals surface area (Å²) in [4.78, 5) is 12.5. The van der Waals surface area contributed by atoms with Crippen molar-refractivity contribution in [3.63, 3.8) is 0 Å². The van der Waals surface area contributed by atoms with Gasteiger partial charge in [-0.05, 0) is 67.0 Å². The Morgan fingerprint density at radius 1 is 1.05 bits per heavy atom. The third-order valence-corrected chi connectivity index (χ3v) is 4.26. The number of hydrogen-bond acceptors (Lipinski definition) is 1. The number of para-hydroxylation sites is 1. The van der Waals surface area contributed by atoms with E-state index in [4.69, 9.17) is 0 Å². The van der Waals surface area contributed by atoms with Gasteiger partial charge in [0.25, 0.3) is 5.91 Å². The van der Waals surface area contributed by atoms with Crippen molar-refractivity contribution in [2.24, 2.45) is 0 Å². The molecule has 0 fully saturated rings. The molecule has 0 bridgehead atoms. The van der Waals surface area contributed by atoms with E-state index in [1.807, 2.05) is 24.3 Å². The van der Waals surface area contributed by atoms with Crippen LogP contribution < -0.4 is 5.32 Å². The Bertz CT molecular complexity index is 660. The molecule has 108 valence electrons. The first kappa shape index (κ1) is 13.9. The molecule has 2 nitrogen and oxygen atoms in total. The van der Waals surface area contributed by atoms with Crippen molar-refractivity contribution in [2.45, 2.75) is 39.0 Å². The highest BCUT2D eigenvalue weighted by molar-refractivity contribution is 6.04. The number of fused-ring (bicyclic) bond motifs is 1. The predicted molar refractivity (Wildman–Crippen MR) is 86.9 cm³/mol. The van der Waals surface area contributed by atoms with Gasteiger partial charge in [-0.15, -0.1) is 0 Å². The van der Waals surface area contributed by atoms with E-state index in [0.29, 0.717) is 0 Å². The molecular formula is C19H21NO. The van der Waals surface area contributed by atoms with Gasteiger partial charge in [-0.2, -0.15) is 0 Å². The predicted octanol–water partition coefficient (Wildman–Crippen LogP) is 4.38. The summed E-state index contributed by atoms with van der Waals surface area (Å²) < 4.78 is 0. The Kier molecular flexibility index (Phi) is 4.05. The lowest BCUT2D eigenvalue weighted by Crippen LogP contribution is -2.14. The molecule has 1 N–H and O–H groups in total. The zero-order valence-corrected chi connectivity index (χ0v) is 12.5. The van der Waals surface area contributed by atoms with Crippen molar-refractivity contribution in [3.8, 4) is 0 Å². The molecule has 0 radical (unpaired) electrons. The molecule has 21 heavy (non-hydrogen) atoms. The van der Waals surface area contributed by atoms with Gasteiger partial charge in [0.05, 0.1) is 0 Å². The minimum Gasteiger partial charge on any atom is -0.322 e. The number of aryl methyl sites for hydroxylation is 3. The van der Waals surface area contributed by atoms with Crippen LogP contribution in [0.15, 0.2) is 42.5 Å². The number of benzene rings is 2. The molecule has 1 aliphatic rings. The fourth-order valence-electron chi connectivity index (χ4n) is 3.02. The number of carbonyl (C=O) groups is 1. The highest BCUT2D eigenvalue weighted by atomic mass is 16.1. The molecular weight excluding hydrogens is 258 g/mol. The van der Waals surface area contributed by atoms with E-state index in [1.54, 1.807) is 0 Å². The average Bonchev–Trinajstić information content (AvgIpc) is 2.55. The Morgan fingerprint density at radius 2 is 1.81 bits per heavy atom. The summed E-state index contributed by atoms with van der Waals surface area (Å²) in [5, 5.41) is 3.05. The number of amides is 1. The van der Waals surface area contributed by atoms with Crippen LogP contribution in [0.1, 0.15) is 46.8 Å². The van der Waals surface area contributed by atoms with Gasteiger partial charge >= 0.3 is 0 Å². The summed E-state index contributed by atoms with van der Waals surface area (Å²) in [6.45, 7) is 2.10. The van der Waals surface area contributed by atoms with Gasteiger partial charge in [0, 0.05) is 11.3 Å². The highest BCUT2D eigenvalue weighted by Crippen LogP contribution is 2.23. The second-order valence-corrected chi connectivity index (χ2v) is 5.66. The average molecular weight is 279 g/mol. The molecule has 0 saturated heterocycles. The zero-order chi connectivity index (χ0) is 14.7. The Balaban J connectivity index is 1.82. The first-order chi connectivity index (χ1) is 10.3. The molecule has 0 aromatic heterocycles. The van der Waals surface area contributed by atoms with Crippen molar-refractivity contribution in [1.29, 1.82) is 0 Å². The SMILES string of the molecule is CCc1ccccc1NC(=O)c1ccc2c(c1)CCCC2. The third kappa shape index (κ3) is 2.99. The van der Waals surface area contributed by atoms with E-state index in [0.717, 1.165) is 30.5 Å². The molecule has 0 heterocycles. The lowest BCUT2D eigenvalue weighted by molar-refractivity contribution is 0.102. The zero-order valence-electron chi connectivity index (χ0n) is 12.5. The quantitative estimate of drug-likeness (QED) is 0.887. The Labute approximate surface area is 126 Å². The van der Waals surface area contributed by atoms with E-state index in [9.17, 15) is 4.79 Å². The fraction of sp³-hybridized carbons (Fsp3) is 0.316. The van der Waals surface area contributed by atoms with Crippen LogP contribution in [0.5, 0.6) is 0 Å². The van der Waals surface area contributed by atoms with Crippen molar-refractivity contribution in [3.05, 3.63) is 64.7 Å². The maximum Gasteiger partial charge on any atom is 0.255 e. The molecule has 0 spiro atoms. The van der Waals surface area contributed by atoms with E-state index in [-0.39, 0.29) is 5.91 Å². The number of carbonyl (C=O) groups excluding carboxylic acids is 1. The summed E-state index contributed by atoms with van der Waals surface area (Å²) in [6, 6.07) is 14.1. The molecule has 0 atom stereocenters. The maximum atomic E-state index is 12.5. The van der Waals surface area contributed by atoms with E-state index in [2.05, 4.69) is 30.4 Å². The summed E-state index contributed by atoms with van der Waals surface area (Å²) in [5.74, 6) is -0.00993. The largest absolute Gasteiger partial charge is 0.322 e. The van der Waals surface area contributed by atoms with Gasteiger partial charge in [0.1, 0.15) is 0 Å². The molecule has 0 aliphatic heterocycles. The Hall–Kier alpha value is -2.09.